The van der Waals surface area contributed by atoms with Gasteiger partial charge in [0.05, 0.1) is 12.0 Å². The summed E-state index contributed by atoms with van der Waals surface area (Å²) >= 11 is 4.17. The summed E-state index contributed by atoms with van der Waals surface area (Å²) < 4.78 is 0. The van der Waals surface area contributed by atoms with E-state index < -0.39 is 0 Å². The summed E-state index contributed by atoms with van der Waals surface area (Å²) in [4.78, 5) is 0. The Morgan fingerprint density at radius 2 is 2.06 bits per heavy atom. The molecule has 2 aliphatic rings. The van der Waals surface area contributed by atoms with Crippen molar-refractivity contribution in [1.82, 2.24) is 5.32 Å². The van der Waals surface area contributed by atoms with Crippen LogP contribution in [0.2, 0.25) is 0 Å². The number of nitrogens with zero attached hydrogens (tertiary/aromatic N) is 1. The lowest BCUT2D eigenvalue weighted by atomic mass is 9.96. The van der Waals surface area contributed by atoms with Crippen molar-refractivity contribution in [3.8, 4) is 6.07 Å². The Balaban J connectivity index is 1.77. The quantitative estimate of drug-likeness (QED) is 0.800. The summed E-state index contributed by atoms with van der Waals surface area (Å²) in [6.07, 6.45) is 6.14. The molecule has 96 valence electrons. The van der Waals surface area contributed by atoms with Crippen LogP contribution in [-0.2, 0) is 0 Å². The fraction of sp³-hybridized carbons (Fsp3) is 0.923. The van der Waals surface area contributed by atoms with Gasteiger partial charge in [-0.05, 0) is 12.8 Å². The molecule has 0 aromatic carbocycles. The molecule has 3 atom stereocenters. The normalized spacial score (nSPS) is 34.9. The first-order valence-corrected chi connectivity index (χ1v) is 8.93. The Morgan fingerprint density at radius 3 is 2.82 bits per heavy atom. The summed E-state index contributed by atoms with van der Waals surface area (Å²) in [5.74, 6) is 4.13. The first kappa shape index (κ1) is 13.6. The standard InChI is InChI=1S/C13H22N2S2/c14-8-11-4-2-1-3-5-13(11)15-9-12-10-16-6-7-17-12/h11-13,15H,1-7,9-10H2. The topological polar surface area (TPSA) is 35.8 Å². The van der Waals surface area contributed by atoms with Crippen molar-refractivity contribution in [2.45, 2.75) is 43.4 Å². The number of nitrogens with one attached hydrogen (secondary N) is 1. The minimum atomic E-state index is 0.249. The first-order valence-electron chi connectivity index (χ1n) is 6.72. The fourth-order valence-corrected chi connectivity index (χ4v) is 5.27. The number of thioether (sulfide) groups is 2. The molecule has 2 rings (SSSR count). The van der Waals surface area contributed by atoms with Crippen molar-refractivity contribution in [1.29, 1.82) is 5.26 Å². The van der Waals surface area contributed by atoms with Crippen molar-refractivity contribution >= 4 is 23.5 Å². The summed E-state index contributed by atoms with van der Waals surface area (Å²) in [5, 5.41) is 13.7. The molecule has 1 heterocycles. The number of nitriles is 1. The highest BCUT2D eigenvalue weighted by Crippen LogP contribution is 2.26. The van der Waals surface area contributed by atoms with E-state index in [1.54, 1.807) is 0 Å². The molecule has 3 unspecified atom stereocenters. The molecule has 0 spiro atoms. The van der Waals surface area contributed by atoms with Gasteiger partial charge in [-0.1, -0.05) is 19.3 Å². The number of hydrogen-bond acceptors (Lipinski definition) is 4. The maximum Gasteiger partial charge on any atom is 0.0672 e. The molecular weight excluding hydrogens is 248 g/mol. The van der Waals surface area contributed by atoms with E-state index in [1.807, 2.05) is 0 Å². The van der Waals surface area contributed by atoms with Crippen LogP contribution in [0.25, 0.3) is 0 Å². The van der Waals surface area contributed by atoms with E-state index in [0.29, 0.717) is 6.04 Å². The summed E-state index contributed by atoms with van der Waals surface area (Å²) in [6, 6.07) is 2.96. The minimum absolute atomic E-state index is 0.249. The molecule has 1 aliphatic carbocycles. The lowest BCUT2D eigenvalue weighted by Crippen LogP contribution is -2.40. The maximum absolute atomic E-state index is 9.22. The molecule has 1 saturated heterocycles. The number of hydrogen-bond donors (Lipinski definition) is 1. The third kappa shape index (κ3) is 4.39. The van der Waals surface area contributed by atoms with Gasteiger partial charge < -0.3 is 5.32 Å². The van der Waals surface area contributed by atoms with Gasteiger partial charge in [0.15, 0.2) is 0 Å². The molecule has 0 aromatic heterocycles. The zero-order chi connectivity index (χ0) is 11.9. The Morgan fingerprint density at radius 1 is 1.18 bits per heavy atom. The Kier molecular flexibility index (Phi) is 6.03. The Hall–Kier alpha value is 0.150. The molecule has 1 saturated carbocycles. The molecule has 0 radical (unpaired) electrons. The molecule has 0 aromatic rings. The van der Waals surface area contributed by atoms with Crippen LogP contribution in [-0.4, -0.2) is 35.1 Å². The predicted octanol–water partition coefficient (Wildman–Crippen LogP) is 2.90. The lowest BCUT2D eigenvalue weighted by Gasteiger charge is -2.26. The van der Waals surface area contributed by atoms with Crippen LogP contribution in [0.4, 0.5) is 0 Å². The van der Waals surface area contributed by atoms with Crippen molar-refractivity contribution in [2.75, 3.05) is 23.8 Å². The molecule has 2 nitrogen and oxygen atoms in total. The first-order chi connectivity index (χ1) is 8.40. The predicted molar refractivity (Wildman–Crippen MR) is 77.5 cm³/mol. The molecule has 4 heteroatoms. The highest BCUT2D eigenvalue weighted by molar-refractivity contribution is 8.06. The van der Waals surface area contributed by atoms with E-state index in [1.165, 1.54) is 42.9 Å². The van der Waals surface area contributed by atoms with Gasteiger partial charge >= 0.3 is 0 Å². The largest absolute Gasteiger partial charge is 0.312 e. The molecule has 0 bridgehead atoms. The zero-order valence-electron chi connectivity index (χ0n) is 10.4. The van der Waals surface area contributed by atoms with Crippen LogP contribution < -0.4 is 5.32 Å². The van der Waals surface area contributed by atoms with Gasteiger partial charge in [-0.15, -0.1) is 0 Å². The van der Waals surface area contributed by atoms with E-state index in [4.69, 9.17) is 0 Å². The van der Waals surface area contributed by atoms with Gasteiger partial charge in [-0.25, -0.2) is 0 Å². The average Bonchev–Trinajstić information content (AvgIpc) is 2.62. The van der Waals surface area contributed by atoms with Gasteiger partial charge in [0.25, 0.3) is 0 Å². The highest BCUT2D eigenvalue weighted by Gasteiger charge is 2.24. The Bertz CT molecular complexity index is 259. The minimum Gasteiger partial charge on any atom is -0.312 e. The Labute approximate surface area is 113 Å². The van der Waals surface area contributed by atoms with E-state index in [0.717, 1.165) is 18.2 Å². The number of rotatable bonds is 3. The smallest absolute Gasteiger partial charge is 0.0672 e. The van der Waals surface area contributed by atoms with Crippen LogP contribution in [0.1, 0.15) is 32.1 Å². The van der Waals surface area contributed by atoms with E-state index in [-0.39, 0.29) is 5.92 Å². The van der Waals surface area contributed by atoms with E-state index in [2.05, 4.69) is 34.9 Å². The second-order valence-corrected chi connectivity index (χ2v) is 7.51. The summed E-state index contributed by atoms with van der Waals surface area (Å²) in [7, 11) is 0. The van der Waals surface area contributed by atoms with Crippen LogP contribution in [0.5, 0.6) is 0 Å². The van der Waals surface area contributed by atoms with Crippen LogP contribution in [0.15, 0.2) is 0 Å². The van der Waals surface area contributed by atoms with Crippen molar-refractivity contribution in [3.63, 3.8) is 0 Å². The second kappa shape index (κ2) is 7.56. The highest BCUT2D eigenvalue weighted by atomic mass is 32.2. The molecule has 1 aliphatic heterocycles. The van der Waals surface area contributed by atoms with Crippen LogP contribution in [0, 0.1) is 17.2 Å². The van der Waals surface area contributed by atoms with Gasteiger partial charge in [0, 0.05) is 35.1 Å². The lowest BCUT2D eigenvalue weighted by molar-refractivity contribution is 0.398. The molecule has 2 fully saturated rings. The van der Waals surface area contributed by atoms with Gasteiger partial charge in [-0.2, -0.15) is 28.8 Å². The fourth-order valence-electron chi connectivity index (χ4n) is 2.64. The van der Waals surface area contributed by atoms with Gasteiger partial charge in [-0.3, -0.25) is 0 Å². The molecule has 0 amide bonds. The monoisotopic (exact) mass is 270 g/mol. The third-order valence-electron chi connectivity index (χ3n) is 3.67. The van der Waals surface area contributed by atoms with Crippen molar-refractivity contribution in [2.24, 2.45) is 5.92 Å². The molecule has 1 N–H and O–H groups in total. The van der Waals surface area contributed by atoms with E-state index >= 15 is 0 Å². The maximum atomic E-state index is 9.22. The second-order valence-electron chi connectivity index (χ2n) is 4.96. The SMILES string of the molecule is N#CC1CCCCCC1NCC1CSCCS1. The van der Waals surface area contributed by atoms with Crippen molar-refractivity contribution in [3.05, 3.63) is 0 Å². The van der Waals surface area contributed by atoms with Gasteiger partial charge in [0.2, 0.25) is 0 Å². The average molecular weight is 270 g/mol. The van der Waals surface area contributed by atoms with E-state index in [9.17, 15) is 5.26 Å². The van der Waals surface area contributed by atoms with Gasteiger partial charge in [0.1, 0.15) is 0 Å². The zero-order valence-corrected chi connectivity index (χ0v) is 12.0. The molecular formula is C13H22N2S2. The summed E-state index contributed by atoms with van der Waals surface area (Å²) in [6.45, 7) is 1.10. The third-order valence-corrected chi connectivity index (χ3v) is 6.52. The van der Waals surface area contributed by atoms with Crippen LogP contribution in [0.3, 0.4) is 0 Å². The van der Waals surface area contributed by atoms with Crippen molar-refractivity contribution < 1.29 is 0 Å². The molecule has 17 heavy (non-hydrogen) atoms. The van der Waals surface area contributed by atoms with Crippen LogP contribution >= 0.6 is 23.5 Å². The summed E-state index contributed by atoms with van der Waals surface area (Å²) in [5.41, 5.74) is 0.